The van der Waals surface area contributed by atoms with Crippen LogP contribution in [0, 0.1) is 6.92 Å². The van der Waals surface area contributed by atoms with E-state index in [1.807, 2.05) is 0 Å². The Morgan fingerprint density at radius 2 is 0.679 bits per heavy atom. The maximum Gasteiger partial charge on any atom is 0.0464 e. The van der Waals surface area contributed by atoms with Gasteiger partial charge in [-0.1, -0.05) is 136 Å². The van der Waals surface area contributed by atoms with Gasteiger partial charge in [-0.15, -0.1) is 0 Å². The van der Waals surface area contributed by atoms with Gasteiger partial charge in [-0.25, -0.2) is 0 Å². The van der Waals surface area contributed by atoms with Crippen molar-refractivity contribution < 1.29 is 0 Å². The van der Waals surface area contributed by atoms with Crippen molar-refractivity contribution in [1.82, 2.24) is 0 Å². The average Bonchev–Trinajstić information content (AvgIpc) is 3.19. The third kappa shape index (κ3) is 6.90. The molecule has 1 aliphatic rings. The van der Waals surface area contributed by atoms with Crippen LogP contribution in [0.5, 0.6) is 0 Å². The molecule has 0 saturated heterocycles. The Morgan fingerprint density at radius 3 is 1.15 bits per heavy atom. The first-order chi connectivity index (χ1) is 25.7. The SMILES string of the molecule is Cc1ccc(N(c2ccccc2)c2ccc(-c3ccc(N(c4ccc(-c5ccccc5)cc4)c4ccc5c(c4)C(C)(C)CCC5(C)C)cc3)cc2)cc1. The lowest BCUT2D eigenvalue weighted by atomic mass is 9.63. The maximum atomic E-state index is 2.46. The van der Waals surface area contributed by atoms with E-state index in [9.17, 15) is 0 Å². The quantitative estimate of drug-likeness (QED) is 0.157. The molecule has 1 aliphatic carbocycles. The van der Waals surface area contributed by atoms with Crippen molar-refractivity contribution in [1.29, 1.82) is 0 Å². The number of rotatable bonds is 8. The van der Waals surface area contributed by atoms with Crippen molar-refractivity contribution in [3.63, 3.8) is 0 Å². The molecule has 0 saturated carbocycles. The summed E-state index contributed by atoms with van der Waals surface area (Å²) in [5, 5.41) is 0. The second kappa shape index (κ2) is 13.9. The molecule has 7 aromatic rings. The molecule has 0 aromatic heterocycles. The third-order valence-corrected chi connectivity index (χ3v) is 11.2. The number of aryl methyl sites for hydroxylation is 1. The zero-order valence-corrected chi connectivity index (χ0v) is 31.6. The first kappa shape index (κ1) is 34.2. The number of nitrogens with zero attached hydrogens (tertiary/aromatic N) is 2. The summed E-state index contributed by atoms with van der Waals surface area (Å²) in [7, 11) is 0. The van der Waals surface area contributed by atoms with Crippen LogP contribution in [0.4, 0.5) is 34.1 Å². The summed E-state index contributed by atoms with van der Waals surface area (Å²) in [4.78, 5) is 4.73. The van der Waals surface area contributed by atoms with Gasteiger partial charge < -0.3 is 9.80 Å². The molecule has 7 aromatic carbocycles. The van der Waals surface area contributed by atoms with Gasteiger partial charge in [0.25, 0.3) is 0 Å². The topological polar surface area (TPSA) is 6.48 Å². The highest BCUT2D eigenvalue weighted by Crippen LogP contribution is 2.48. The summed E-state index contributed by atoms with van der Waals surface area (Å²) in [6, 6.07) is 64.1. The Balaban J connectivity index is 1.15. The molecule has 0 fully saturated rings. The van der Waals surface area contributed by atoms with Gasteiger partial charge in [-0.05, 0) is 137 Å². The summed E-state index contributed by atoms with van der Waals surface area (Å²) in [6.45, 7) is 11.7. The van der Waals surface area contributed by atoms with E-state index in [2.05, 4.69) is 220 Å². The molecule has 0 spiro atoms. The molecule has 8 rings (SSSR count). The van der Waals surface area contributed by atoms with Crippen LogP contribution >= 0.6 is 0 Å². The molecular weight excluding hydrogens is 641 g/mol. The van der Waals surface area contributed by atoms with Crippen LogP contribution in [-0.2, 0) is 10.8 Å². The van der Waals surface area contributed by atoms with Crippen molar-refractivity contribution in [3.8, 4) is 22.3 Å². The van der Waals surface area contributed by atoms with Crippen LogP contribution in [0.3, 0.4) is 0 Å². The van der Waals surface area contributed by atoms with Crippen LogP contribution in [0.25, 0.3) is 22.3 Å². The number of para-hydroxylation sites is 1. The molecule has 0 amide bonds. The zero-order chi connectivity index (χ0) is 36.6. The van der Waals surface area contributed by atoms with Gasteiger partial charge in [-0.2, -0.15) is 0 Å². The van der Waals surface area contributed by atoms with Crippen LogP contribution in [0.2, 0.25) is 0 Å². The van der Waals surface area contributed by atoms with Gasteiger partial charge in [-0.3, -0.25) is 0 Å². The van der Waals surface area contributed by atoms with Crippen LogP contribution in [-0.4, -0.2) is 0 Å². The first-order valence-corrected chi connectivity index (χ1v) is 18.9. The Kier molecular flexibility index (Phi) is 9.00. The lowest BCUT2D eigenvalue weighted by Crippen LogP contribution is -2.34. The van der Waals surface area contributed by atoms with Gasteiger partial charge in [0.1, 0.15) is 0 Å². The maximum absolute atomic E-state index is 2.46. The minimum absolute atomic E-state index is 0.120. The van der Waals surface area contributed by atoms with E-state index in [-0.39, 0.29) is 10.8 Å². The number of hydrogen-bond acceptors (Lipinski definition) is 2. The lowest BCUT2D eigenvalue weighted by molar-refractivity contribution is 0.332. The van der Waals surface area contributed by atoms with Crippen LogP contribution < -0.4 is 9.80 Å². The predicted molar refractivity (Wildman–Crippen MR) is 227 cm³/mol. The summed E-state index contributed by atoms with van der Waals surface area (Å²) in [5.74, 6) is 0. The molecule has 53 heavy (non-hydrogen) atoms. The van der Waals surface area contributed by atoms with Crippen molar-refractivity contribution in [2.45, 2.75) is 58.3 Å². The number of anilines is 6. The van der Waals surface area contributed by atoms with Crippen molar-refractivity contribution in [3.05, 3.63) is 193 Å². The summed E-state index contributed by atoms with van der Waals surface area (Å²) >= 11 is 0. The van der Waals surface area contributed by atoms with E-state index >= 15 is 0 Å². The van der Waals surface area contributed by atoms with Crippen molar-refractivity contribution in [2.75, 3.05) is 9.80 Å². The monoisotopic (exact) mass is 688 g/mol. The second-order valence-corrected chi connectivity index (χ2v) is 15.8. The molecule has 0 N–H and O–H groups in total. The number of benzene rings is 7. The van der Waals surface area contributed by atoms with E-state index in [1.165, 1.54) is 57.5 Å². The first-order valence-electron chi connectivity index (χ1n) is 18.9. The van der Waals surface area contributed by atoms with E-state index in [1.54, 1.807) is 0 Å². The largest absolute Gasteiger partial charge is 0.311 e. The standard InChI is InChI=1S/C51H48N2/c1-37-16-24-43(25-17-37)52(42-14-10-7-11-15-42)44-26-20-40(21-27-44)41-22-30-46(31-23-41)53(45-28-18-39(19-29-45)38-12-8-6-9-13-38)47-32-33-48-49(36-47)51(4,5)35-34-50(48,2)3/h6-33,36H,34-35H2,1-5H3. The number of hydrogen-bond donors (Lipinski definition) is 0. The molecular formula is C51H48N2. The van der Waals surface area contributed by atoms with Crippen LogP contribution in [0.15, 0.2) is 176 Å². The van der Waals surface area contributed by atoms with Crippen molar-refractivity contribution >= 4 is 34.1 Å². The van der Waals surface area contributed by atoms with Gasteiger partial charge >= 0.3 is 0 Å². The molecule has 0 unspecified atom stereocenters. The van der Waals surface area contributed by atoms with E-state index in [0.29, 0.717) is 0 Å². The molecule has 2 nitrogen and oxygen atoms in total. The van der Waals surface area contributed by atoms with Gasteiger partial charge in [0.15, 0.2) is 0 Å². The summed E-state index contributed by atoms with van der Waals surface area (Å²) in [6.07, 6.45) is 2.39. The highest BCUT2D eigenvalue weighted by molar-refractivity contribution is 5.82. The van der Waals surface area contributed by atoms with Crippen LogP contribution in [0.1, 0.15) is 57.2 Å². The average molecular weight is 689 g/mol. The fourth-order valence-electron chi connectivity index (χ4n) is 7.92. The minimum Gasteiger partial charge on any atom is -0.311 e. The highest BCUT2D eigenvalue weighted by atomic mass is 15.1. The summed E-state index contributed by atoms with van der Waals surface area (Å²) < 4.78 is 0. The molecule has 0 bridgehead atoms. The minimum atomic E-state index is 0.120. The molecule has 0 atom stereocenters. The normalized spacial score (nSPS) is 14.3. The number of fused-ring (bicyclic) bond motifs is 1. The molecule has 0 heterocycles. The van der Waals surface area contributed by atoms with E-state index in [4.69, 9.17) is 0 Å². The fraction of sp³-hybridized carbons (Fsp3) is 0.176. The van der Waals surface area contributed by atoms with Gasteiger partial charge in [0, 0.05) is 34.1 Å². The highest BCUT2D eigenvalue weighted by Gasteiger charge is 2.37. The predicted octanol–water partition coefficient (Wildman–Crippen LogP) is 14.6. The third-order valence-electron chi connectivity index (χ3n) is 11.2. The summed E-state index contributed by atoms with van der Waals surface area (Å²) in [5.41, 5.74) is 16.2. The Labute approximate surface area is 316 Å². The lowest BCUT2D eigenvalue weighted by Gasteiger charge is -2.42. The molecule has 2 heteroatoms. The second-order valence-electron chi connectivity index (χ2n) is 15.8. The molecule has 262 valence electrons. The Bertz CT molecular complexity index is 2300. The van der Waals surface area contributed by atoms with Gasteiger partial charge in [0.05, 0.1) is 0 Å². The zero-order valence-electron chi connectivity index (χ0n) is 31.6. The Morgan fingerprint density at radius 1 is 0.340 bits per heavy atom. The van der Waals surface area contributed by atoms with Gasteiger partial charge in [0.2, 0.25) is 0 Å². The van der Waals surface area contributed by atoms with E-state index < -0.39 is 0 Å². The Hall–Kier alpha value is -5.86. The molecule has 0 aliphatic heterocycles. The smallest absolute Gasteiger partial charge is 0.0464 e. The van der Waals surface area contributed by atoms with E-state index in [0.717, 1.165) is 28.4 Å². The van der Waals surface area contributed by atoms with Crippen molar-refractivity contribution in [2.24, 2.45) is 0 Å². The fourth-order valence-corrected chi connectivity index (χ4v) is 7.92. The molecule has 0 radical (unpaired) electrons.